The lowest BCUT2D eigenvalue weighted by molar-refractivity contribution is 0.102. The predicted octanol–water partition coefficient (Wildman–Crippen LogP) is 7.09. The summed E-state index contributed by atoms with van der Waals surface area (Å²) in [5, 5.41) is 0.672. The van der Waals surface area contributed by atoms with Crippen LogP contribution >= 0.6 is 50.6 Å². The number of thiazole rings is 1. The van der Waals surface area contributed by atoms with Gasteiger partial charge in [-0.25, -0.2) is 4.98 Å². The summed E-state index contributed by atoms with van der Waals surface area (Å²) in [6, 6.07) is 15.7. The van der Waals surface area contributed by atoms with Crippen LogP contribution in [0.25, 0.3) is 15.9 Å². The van der Waals surface area contributed by atoms with Crippen molar-refractivity contribution in [3.8, 4) is 5.69 Å². The van der Waals surface area contributed by atoms with Gasteiger partial charge in [-0.2, -0.15) is 0 Å². The van der Waals surface area contributed by atoms with Crippen molar-refractivity contribution < 1.29 is 4.79 Å². The number of Topliss-reactive ketones (excluding diaryl/α,β-unsaturated/α-hetero) is 1. The molecule has 2 heterocycles. The first-order chi connectivity index (χ1) is 13.4. The monoisotopic (exact) mass is 490 g/mol. The van der Waals surface area contributed by atoms with E-state index in [-0.39, 0.29) is 5.78 Å². The molecule has 0 saturated heterocycles. The van der Waals surface area contributed by atoms with Crippen LogP contribution in [0.4, 0.5) is 0 Å². The lowest BCUT2D eigenvalue weighted by Gasteiger charge is -2.10. The molecule has 0 fully saturated rings. The van der Waals surface area contributed by atoms with E-state index in [1.807, 2.05) is 62.4 Å². The fourth-order valence-corrected chi connectivity index (χ4v) is 5.54. The van der Waals surface area contributed by atoms with Gasteiger partial charge < -0.3 is 4.57 Å². The largest absolute Gasteiger partial charge is 0.318 e. The highest BCUT2D eigenvalue weighted by Crippen LogP contribution is 2.32. The maximum atomic E-state index is 12.9. The van der Waals surface area contributed by atoms with Crippen LogP contribution < -0.4 is 0 Å². The number of fused-ring (bicyclic) bond motifs is 1. The lowest BCUT2D eigenvalue weighted by Crippen LogP contribution is -2.05. The number of rotatable bonds is 5. The summed E-state index contributed by atoms with van der Waals surface area (Å²) >= 11 is 12.6. The summed E-state index contributed by atoms with van der Waals surface area (Å²) < 4.78 is 5.10. The Morgan fingerprint density at radius 1 is 1.18 bits per heavy atom. The van der Waals surface area contributed by atoms with Crippen molar-refractivity contribution in [3.63, 3.8) is 0 Å². The van der Waals surface area contributed by atoms with Gasteiger partial charge in [-0.05, 0) is 62.4 Å². The minimum absolute atomic E-state index is 0.110. The molecule has 0 aliphatic heterocycles. The van der Waals surface area contributed by atoms with E-state index in [2.05, 4.69) is 25.5 Å². The van der Waals surface area contributed by atoms with Gasteiger partial charge >= 0.3 is 0 Å². The van der Waals surface area contributed by atoms with Crippen LogP contribution in [0, 0.1) is 13.8 Å². The van der Waals surface area contributed by atoms with E-state index in [0.717, 1.165) is 41.7 Å². The van der Waals surface area contributed by atoms with Gasteiger partial charge in [0.25, 0.3) is 0 Å². The molecule has 0 N–H and O–H groups in total. The van der Waals surface area contributed by atoms with Crippen molar-refractivity contribution in [3.05, 3.63) is 75.0 Å². The van der Waals surface area contributed by atoms with E-state index in [4.69, 9.17) is 11.6 Å². The minimum atomic E-state index is 0.110. The zero-order valence-corrected chi connectivity index (χ0v) is 19.2. The first-order valence-electron chi connectivity index (χ1n) is 8.59. The molecule has 4 rings (SSSR count). The number of aromatic nitrogens is 2. The number of halogens is 2. The van der Waals surface area contributed by atoms with Gasteiger partial charge in [-0.1, -0.05) is 39.3 Å². The molecule has 0 aliphatic carbocycles. The van der Waals surface area contributed by atoms with Gasteiger partial charge in [-0.15, -0.1) is 11.3 Å². The van der Waals surface area contributed by atoms with Crippen LogP contribution in [0.15, 0.2) is 57.3 Å². The summed E-state index contributed by atoms with van der Waals surface area (Å²) in [5.41, 5.74) is 4.69. The average Bonchev–Trinajstić information content (AvgIpc) is 3.20. The molecule has 0 atom stereocenters. The van der Waals surface area contributed by atoms with Gasteiger partial charge in [0.1, 0.15) is 0 Å². The normalized spacial score (nSPS) is 11.3. The third-order valence-corrected chi connectivity index (χ3v) is 7.42. The van der Waals surface area contributed by atoms with E-state index in [1.165, 1.54) is 11.8 Å². The molecule has 0 radical (unpaired) electrons. The number of aryl methyl sites for hydroxylation is 1. The van der Waals surface area contributed by atoms with E-state index < -0.39 is 0 Å². The van der Waals surface area contributed by atoms with Crippen LogP contribution in [0.1, 0.15) is 21.7 Å². The summed E-state index contributed by atoms with van der Waals surface area (Å²) in [4.78, 5) is 17.4. The zero-order chi connectivity index (χ0) is 19.8. The van der Waals surface area contributed by atoms with Crippen molar-refractivity contribution in [2.45, 2.75) is 18.2 Å². The van der Waals surface area contributed by atoms with Crippen LogP contribution in [-0.4, -0.2) is 21.1 Å². The number of ketones is 1. The Kier molecular flexibility index (Phi) is 5.65. The number of hydrogen-bond donors (Lipinski definition) is 0. The highest BCUT2D eigenvalue weighted by atomic mass is 79.9. The first-order valence-corrected chi connectivity index (χ1v) is 11.6. The Labute approximate surface area is 184 Å². The smallest absolute Gasteiger partial charge is 0.174 e. The van der Waals surface area contributed by atoms with E-state index >= 15 is 0 Å². The molecular weight excluding hydrogens is 476 g/mol. The molecule has 0 spiro atoms. The van der Waals surface area contributed by atoms with Crippen molar-refractivity contribution in [1.82, 2.24) is 9.55 Å². The van der Waals surface area contributed by atoms with Crippen molar-refractivity contribution in [1.29, 1.82) is 0 Å². The lowest BCUT2D eigenvalue weighted by atomic mass is 10.2. The van der Waals surface area contributed by atoms with Crippen molar-refractivity contribution in [2.24, 2.45) is 0 Å². The van der Waals surface area contributed by atoms with Crippen LogP contribution in [-0.2, 0) is 0 Å². The molecule has 142 valence electrons. The number of hydrogen-bond acceptors (Lipinski definition) is 4. The zero-order valence-electron chi connectivity index (χ0n) is 15.2. The molecule has 2 aromatic heterocycles. The summed E-state index contributed by atoms with van der Waals surface area (Å²) in [7, 11) is 0. The highest BCUT2D eigenvalue weighted by Gasteiger charge is 2.17. The van der Waals surface area contributed by atoms with Crippen molar-refractivity contribution >= 4 is 66.6 Å². The van der Waals surface area contributed by atoms with Crippen molar-refractivity contribution in [2.75, 3.05) is 5.75 Å². The van der Waals surface area contributed by atoms with E-state index in [0.29, 0.717) is 10.8 Å². The second-order valence-electron chi connectivity index (χ2n) is 6.40. The second kappa shape index (κ2) is 8.03. The topological polar surface area (TPSA) is 34.9 Å². The molecule has 4 aromatic rings. The van der Waals surface area contributed by atoms with Gasteiger partial charge in [0.15, 0.2) is 10.1 Å². The Balaban J connectivity index is 1.54. The van der Waals surface area contributed by atoms with Gasteiger partial charge in [-0.3, -0.25) is 4.79 Å². The fraction of sp³-hybridized carbons (Fsp3) is 0.143. The molecule has 28 heavy (non-hydrogen) atoms. The van der Waals surface area contributed by atoms with E-state index in [1.54, 1.807) is 11.3 Å². The number of benzene rings is 2. The molecule has 2 aromatic carbocycles. The minimum Gasteiger partial charge on any atom is -0.318 e. The molecule has 0 aliphatic rings. The predicted molar refractivity (Wildman–Crippen MR) is 123 cm³/mol. The quantitative estimate of drug-likeness (QED) is 0.221. The van der Waals surface area contributed by atoms with Crippen LogP contribution in [0.3, 0.4) is 0 Å². The molecule has 0 unspecified atom stereocenters. The highest BCUT2D eigenvalue weighted by molar-refractivity contribution is 9.10. The average molecular weight is 492 g/mol. The summed E-state index contributed by atoms with van der Waals surface area (Å²) in [6.45, 7) is 4.02. The molecule has 0 bridgehead atoms. The number of thioether (sulfide) groups is 1. The molecule has 3 nitrogen and oxygen atoms in total. The fourth-order valence-electron chi connectivity index (χ4n) is 3.18. The third kappa shape index (κ3) is 3.92. The summed E-state index contributed by atoms with van der Waals surface area (Å²) in [6.07, 6.45) is 0. The number of carbonyl (C=O) groups excluding carboxylic acids is 1. The Hall–Kier alpha value is -1.60. The maximum absolute atomic E-state index is 12.9. The molecule has 0 saturated carbocycles. The standard InChI is InChI=1S/C21H16BrClN2OS2/c1-12-9-17(13(2)25(12)16-6-3-14(22)4-7-16)19(26)11-27-21-24-18-10-15(23)5-8-20(18)28-21/h3-10H,11H2,1-2H3. The molecule has 7 heteroatoms. The Morgan fingerprint density at radius 3 is 2.68 bits per heavy atom. The van der Waals surface area contributed by atoms with Crippen LogP contribution in [0.5, 0.6) is 0 Å². The summed E-state index contributed by atoms with van der Waals surface area (Å²) in [5.74, 6) is 0.469. The molecule has 0 amide bonds. The SMILES string of the molecule is Cc1cc(C(=O)CSc2nc3cc(Cl)ccc3s2)c(C)n1-c1ccc(Br)cc1. The Bertz CT molecular complexity index is 1180. The van der Waals surface area contributed by atoms with Gasteiger partial charge in [0.2, 0.25) is 0 Å². The number of carbonyl (C=O) groups is 1. The first kappa shape index (κ1) is 19.7. The van der Waals surface area contributed by atoms with Gasteiger partial charge in [0, 0.05) is 32.1 Å². The van der Waals surface area contributed by atoms with Crippen LogP contribution in [0.2, 0.25) is 5.02 Å². The van der Waals surface area contributed by atoms with E-state index in [9.17, 15) is 4.79 Å². The maximum Gasteiger partial charge on any atom is 0.174 e. The molecular formula is C21H16BrClN2OS2. The third-order valence-electron chi connectivity index (χ3n) is 4.47. The Morgan fingerprint density at radius 2 is 1.93 bits per heavy atom. The second-order valence-corrected chi connectivity index (χ2v) is 10.0. The van der Waals surface area contributed by atoms with Gasteiger partial charge in [0.05, 0.1) is 16.0 Å². The number of nitrogens with zero attached hydrogens (tertiary/aromatic N) is 2.